The molecule has 4 nitrogen and oxygen atoms in total. The Kier molecular flexibility index (Phi) is 4.99. The Bertz CT molecular complexity index is 1020. The number of carbonyl (C=O) groups is 1. The van der Waals surface area contributed by atoms with Crippen LogP contribution in [0.5, 0.6) is 0 Å². The third-order valence-electron chi connectivity index (χ3n) is 5.25. The molecule has 0 bridgehead atoms. The number of aryl methyl sites for hydroxylation is 1. The third kappa shape index (κ3) is 3.84. The molecule has 1 aliphatic rings. The van der Waals surface area contributed by atoms with Crippen LogP contribution in [-0.2, 0) is 0 Å². The number of rotatable bonds is 3. The predicted octanol–water partition coefficient (Wildman–Crippen LogP) is 5.30. The van der Waals surface area contributed by atoms with Crippen LogP contribution < -0.4 is 5.32 Å². The standard InChI is InChI=1S/C23H24FN3O/c1-15-5-10-20-19(12-15)21(25-18-8-6-17(24)7-9-18)13-22(26-20)23(28)27-11-3-4-16(2)14-27/h5-10,12-13,16H,3-4,11,14H2,1-2H3,(H,25,26). The summed E-state index contributed by atoms with van der Waals surface area (Å²) in [6.45, 7) is 5.75. The van der Waals surface area contributed by atoms with E-state index in [1.807, 2.05) is 36.1 Å². The molecule has 1 aromatic heterocycles. The zero-order valence-corrected chi connectivity index (χ0v) is 16.2. The van der Waals surface area contributed by atoms with E-state index in [1.165, 1.54) is 12.1 Å². The largest absolute Gasteiger partial charge is 0.355 e. The number of anilines is 2. The van der Waals surface area contributed by atoms with Gasteiger partial charge in [-0.3, -0.25) is 4.79 Å². The number of amides is 1. The third-order valence-corrected chi connectivity index (χ3v) is 5.25. The molecule has 1 saturated heterocycles. The maximum atomic E-state index is 13.3. The lowest BCUT2D eigenvalue weighted by atomic mass is 10.00. The summed E-state index contributed by atoms with van der Waals surface area (Å²) in [6, 6.07) is 14.0. The van der Waals surface area contributed by atoms with E-state index in [0.29, 0.717) is 11.6 Å². The Morgan fingerprint density at radius 1 is 1.18 bits per heavy atom. The van der Waals surface area contributed by atoms with Crippen LogP contribution in [0.3, 0.4) is 0 Å². The SMILES string of the molecule is Cc1ccc2nc(C(=O)N3CCCC(C)C3)cc(Nc3ccc(F)cc3)c2c1. The smallest absolute Gasteiger partial charge is 0.272 e. The molecule has 1 unspecified atom stereocenters. The number of aromatic nitrogens is 1. The Hall–Kier alpha value is -2.95. The monoisotopic (exact) mass is 377 g/mol. The first-order valence-corrected chi connectivity index (χ1v) is 9.73. The second-order valence-corrected chi connectivity index (χ2v) is 7.71. The molecule has 1 atom stereocenters. The average Bonchev–Trinajstić information content (AvgIpc) is 2.69. The molecule has 144 valence electrons. The van der Waals surface area contributed by atoms with E-state index >= 15 is 0 Å². The van der Waals surface area contributed by atoms with Gasteiger partial charge < -0.3 is 10.2 Å². The summed E-state index contributed by atoms with van der Waals surface area (Å²) in [5.74, 6) is 0.199. The number of nitrogens with zero attached hydrogens (tertiary/aromatic N) is 2. The molecule has 28 heavy (non-hydrogen) atoms. The fourth-order valence-corrected chi connectivity index (χ4v) is 3.78. The van der Waals surface area contributed by atoms with Gasteiger partial charge >= 0.3 is 0 Å². The maximum absolute atomic E-state index is 13.3. The number of halogens is 1. The van der Waals surface area contributed by atoms with E-state index in [9.17, 15) is 9.18 Å². The minimum atomic E-state index is -0.281. The summed E-state index contributed by atoms with van der Waals surface area (Å²) in [7, 11) is 0. The van der Waals surface area contributed by atoms with Crippen molar-refractivity contribution in [3.63, 3.8) is 0 Å². The Labute approximate surface area is 164 Å². The molecule has 3 aromatic rings. The molecule has 1 amide bonds. The second kappa shape index (κ2) is 7.58. The van der Waals surface area contributed by atoms with E-state index in [2.05, 4.69) is 17.2 Å². The number of piperidine rings is 1. The number of carbonyl (C=O) groups excluding carboxylic acids is 1. The Balaban J connectivity index is 1.74. The van der Waals surface area contributed by atoms with Crippen LogP contribution >= 0.6 is 0 Å². The summed E-state index contributed by atoms with van der Waals surface area (Å²) in [6.07, 6.45) is 2.19. The van der Waals surface area contributed by atoms with Crippen molar-refractivity contribution in [1.29, 1.82) is 0 Å². The van der Waals surface area contributed by atoms with Crippen molar-refractivity contribution < 1.29 is 9.18 Å². The van der Waals surface area contributed by atoms with Crippen molar-refractivity contribution in [2.24, 2.45) is 5.92 Å². The van der Waals surface area contributed by atoms with Gasteiger partial charge in [-0.2, -0.15) is 0 Å². The lowest BCUT2D eigenvalue weighted by Crippen LogP contribution is -2.39. The van der Waals surface area contributed by atoms with Crippen LogP contribution in [0, 0.1) is 18.7 Å². The maximum Gasteiger partial charge on any atom is 0.272 e. The lowest BCUT2D eigenvalue weighted by molar-refractivity contribution is 0.0677. The van der Waals surface area contributed by atoms with Gasteiger partial charge in [0.05, 0.1) is 11.2 Å². The molecular weight excluding hydrogens is 353 g/mol. The first kappa shape index (κ1) is 18.4. The molecule has 0 saturated carbocycles. The van der Waals surface area contributed by atoms with Gasteiger partial charge in [0.25, 0.3) is 5.91 Å². The summed E-state index contributed by atoms with van der Waals surface area (Å²) in [5.41, 5.74) is 3.88. The summed E-state index contributed by atoms with van der Waals surface area (Å²) in [4.78, 5) is 19.6. The number of likely N-dealkylation sites (tertiary alicyclic amines) is 1. The number of benzene rings is 2. The Morgan fingerprint density at radius 2 is 1.96 bits per heavy atom. The minimum Gasteiger partial charge on any atom is -0.355 e. The van der Waals surface area contributed by atoms with Crippen molar-refractivity contribution in [2.75, 3.05) is 18.4 Å². The van der Waals surface area contributed by atoms with Crippen molar-refractivity contribution in [1.82, 2.24) is 9.88 Å². The fourth-order valence-electron chi connectivity index (χ4n) is 3.78. The number of hydrogen-bond acceptors (Lipinski definition) is 3. The van der Waals surface area contributed by atoms with E-state index in [-0.39, 0.29) is 11.7 Å². The normalized spacial score (nSPS) is 17.0. The molecular formula is C23H24FN3O. The van der Waals surface area contributed by atoms with Crippen molar-refractivity contribution >= 4 is 28.2 Å². The predicted molar refractivity (Wildman–Crippen MR) is 110 cm³/mol. The number of pyridine rings is 1. The molecule has 0 radical (unpaired) electrons. The van der Waals surface area contributed by atoms with E-state index < -0.39 is 0 Å². The molecule has 2 aromatic carbocycles. The summed E-state index contributed by atoms with van der Waals surface area (Å²) in [5, 5.41) is 4.27. The first-order chi connectivity index (χ1) is 13.5. The van der Waals surface area contributed by atoms with Crippen LogP contribution in [0.15, 0.2) is 48.5 Å². The zero-order valence-electron chi connectivity index (χ0n) is 16.2. The average molecular weight is 377 g/mol. The van der Waals surface area contributed by atoms with Gasteiger partial charge in [-0.05, 0) is 68.1 Å². The van der Waals surface area contributed by atoms with Crippen LogP contribution in [0.2, 0.25) is 0 Å². The number of fused-ring (bicyclic) bond motifs is 1. The van der Waals surface area contributed by atoms with Crippen LogP contribution in [0.1, 0.15) is 35.8 Å². The van der Waals surface area contributed by atoms with Gasteiger partial charge in [0, 0.05) is 24.2 Å². The van der Waals surface area contributed by atoms with Crippen LogP contribution in [0.25, 0.3) is 10.9 Å². The quantitative estimate of drug-likeness (QED) is 0.674. The highest BCUT2D eigenvalue weighted by molar-refractivity contribution is 6.00. The highest BCUT2D eigenvalue weighted by Crippen LogP contribution is 2.29. The van der Waals surface area contributed by atoms with Gasteiger partial charge in [0.15, 0.2) is 0 Å². The highest BCUT2D eigenvalue weighted by atomic mass is 19.1. The van der Waals surface area contributed by atoms with Gasteiger partial charge in [0.2, 0.25) is 0 Å². The van der Waals surface area contributed by atoms with Crippen LogP contribution in [-0.4, -0.2) is 28.9 Å². The highest BCUT2D eigenvalue weighted by Gasteiger charge is 2.24. The molecule has 5 heteroatoms. The van der Waals surface area contributed by atoms with Crippen molar-refractivity contribution in [3.05, 3.63) is 65.6 Å². The summed E-state index contributed by atoms with van der Waals surface area (Å²) >= 11 is 0. The van der Waals surface area contributed by atoms with Gasteiger partial charge in [-0.15, -0.1) is 0 Å². The molecule has 4 rings (SSSR count). The van der Waals surface area contributed by atoms with Gasteiger partial charge in [-0.1, -0.05) is 18.6 Å². The first-order valence-electron chi connectivity index (χ1n) is 9.73. The molecule has 1 fully saturated rings. The number of nitrogens with one attached hydrogen (secondary N) is 1. The van der Waals surface area contributed by atoms with E-state index in [1.54, 1.807) is 12.1 Å². The topological polar surface area (TPSA) is 45.2 Å². The van der Waals surface area contributed by atoms with E-state index in [4.69, 9.17) is 0 Å². The van der Waals surface area contributed by atoms with Crippen LogP contribution in [0.4, 0.5) is 15.8 Å². The molecule has 0 spiro atoms. The molecule has 1 aliphatic heterocycles. The molecule has 0 aliphatic carbocycles. The zero-order chi connectivity index (χ0) is 19.7. The van der Waals surface area contributed by atoms with Gasteiger partial charge in [-0.25, -0.2) is 9.37 Å². The molecule has 2 heterocycles. The lowest BCUT2D eigenvalue weighted by Gasteiger charge is -2.30. The molecule has 1 N–H and O–H groups in total. The second-order valence-electron chi connectivity index (χ2n) is 7.71. The van der Waals surface area contributed by atoms with Crippen molar-refractivity contribution in [2.45, 2.75) is 26.7 Å². The fraction of sp³-hybridized carbons (Fsp3) is 0.304. The van der Waals surface area contributed by atoms with Gasteiger partial charge in [0.1, 0.15) is 11.5 Å². The Morgan fingerprint density at radius 3 is 2.71 bits per heavy atom. The minimum absolute atomic E-state index is 0.0313. The van der Waals surface area contributed by atoms with Crippen molar-refractivity contribution in [3.8, 4) is 0 Å². The summed E-state index contributed by atoms with van der Waals surface area (Å²) < 4.78 is 13.3. The van der Waals surface area contributed by atoms with E-state index in [0.717, 1.165) is 53.8 Å². The number of hydrogen-bond donors (Lipinski definition) is 1.